The van der Waals surface area contributed by atoms with Crippen LogP contribution in [0.25, 0.3) is 0 Å². The Morgan fingerprint density at radius 1 is 1.33 bits per heavy atom. The zero-order valence-corrected chi connectivity index (χ0v) is 13.4. The molecule has 21 heavy (non-hydrogen) atoms. The normalized spacial score (nSPS) is 18.9. The zero-order chi connectivity index (χ0) is 14.8. The molecular weight excluding hydrogens is 288 g/mol. The number of halogens is 1. The van der Waals surface area contributed by atoms with E-state index in [1.807, 2.05) is 12.1 Å². The fourth-order valence-electron chi connectivity index (χ4n) is 2.68. The Morgan fingerprint density at radius 3 is 2.86 bits per heavy atom. The van der Waals surface area contributed by atoms with Gasteiger partial charge in [0.2, 0.25) is 0 Å². The van der Waals surface area contributed by atoms with Crippen molar-refractivity contribution in [3.63, 3.8) is 0 Å². The molecule has 0 amide bonds. The van der Waals surface area contributed by atoms with Crippen LogP contribution in [0.15, 0.2) is 12.1 Å². The molecule has 1 N–H and O–H groups in total. The molecule has 1 heterocycles. The van der Waals surface area contributed by atoms with Gasteiger partial charge in [0, 0.05) is 25.2 Å². The number of nitrogens with one attached hydrogen (secondary N) is 1. The van der Waals surface area contributed by atoms with E-state index in [4.69, 9.17) is 21.1 Å². The molecule has 5 heteroatoms. The third-order valence-electron chi connectivity index (χ3n) is 4.24. The molecule has 1 unspecified atom stereocenters. The molecule has 0 aromatic heterocycles. The first-order valence-electron chi connectivity index (χ1n) is 7.66. The van der Waals surface area contributed by atoms with Gasteiger partial charge in [-0.15, -0.1) is 0 Å². The van der Waals surface area contributed by atoms with E-state index in [-0.39, 0.29) is 0 Å². The molecule has 1 aliphatic carbocycles. The van der Waals surface area contributed by atoms with Crippen molar-refractivity contribution in [1.29, 1.82) is 0 Å². The van der Waals surface area contributed by atoms with E-state index in [0.717, 1.165) is 30.4 Å². The van der Waals surface area contributed by atoms with Gasteiger partial charge in [0.05, 0.1) is 5.02 Å². The quantitative estimate of drug-likeness (QED) is 0.876. The minimum Gasteiger partial charge on any atom is -0.486 e. The summed E-state index contributed by atoms with van der Waals surface area (Å²) in [5.41, 5.74) is 1.13. The molecule has 2 aliphatic rings. The van der Waals surface area contributed by atoms with Crippen LogP contribution in [0.4, 0.5) is 0 Å². The van der Waals surface area contributed by atoms with Crippen molar-refractivity contribution >= 4 is 11.6 Å². The van der Waals surface area contributed by atoms with Crippen molar-refractivity contribution < 1.29 is 9.47 Å². The second-order valence-electron chi connectivity index (χ2n) is 5.98. The highest BCUT2D eigenvalue weighted by molar-refractivity contribution is 6.32. The number of nitrogens with zero attached hydrogens (tertiary/aromatic N) is 1. The minimum absolute atomic E-state index is 0.546. The Hall–Kier alpha value is -0.970. The number of fused-ring (bicyclic) bond motifs is 1. The Morgan fingerprint density at radius 2 is 2.10 bits per heavy atom. The van der Waals surface area contributed by atoms with Crippen LogP contribution in [0.5, 0.6) is 11.5 Å². The lowest BCUT2D eigenvalue weighted by molar-refractivity contribution is 0.171. The number of hydrogen-bond acceptors (Lipinski definition) is 4. The van der Waals surface area contributed by atoms with Crippen LogP contribution in [0.3, 0.4) is 0 Å². The monoisotopic (exact) mass is 310 g/mol. The molecule has 1 aromatic carbocycles. The standard InChI is InChI=1S/C16H23ClN2O2/c1-11(19(2)13-3-4-13)9-18-10-12-7-14(17)16-15(8-12)20-5-6-21-16/h7-8,11,13,18H,3-6,9-10H2,1-2H3. The number of hydrogen-bond donors (Lipinski definition) is 1. The van der Waals surface area contributed by atoms with Gasteiger partial charge in [0.15, 0.2) is 11.5 Å². The summed E-state index contributed by atoms with van der Waals surface area (Å²) in [7, 11) is 2.21. The second-order valence-corrected chi connectivity index (χ2v) is 6.39. The maximum Gasteiger partial charge on any atom is 0.179 e. The van der Waals surface area contributed by atoms with E-state index in [1.54, 1.807) is 0 Å². The van der Waals surface area contributed by atoms with E-state index in [9.17, 15) is 0 Å². The Labute approximate surface area is 131 Å². The third-order valence-corrected chi connectivity index (χ3v) is 4.52. The average molecular weight is 311 g/mol. The van der Waals surface area contributed by atoms with Crippen LogP contribution >= 0.6 is 11.6 Å². The highest BCUT2D eigenvalue weighted by Crippen LogP contribution is 2.38. The smallest absolute Gasteiger partial charge is 0.179 e. The molecule has 1 aromatic rings. The van der Waals surface area contributed by atoms with E-state index >= 15 is 0 Å². The lowest BCUT2D eigenvalue weighted by atomic mass is 10.2. The molecule has 0 radical (unpaired) electrons. The SMILES string of the molecule is CC(CNCc1cc(Cl)c2c(c1)OCCO2)N(C)C1CC1. The summed E-state index contributed by atoms with van der Waals surface area (Å²) >= 11 is 6.25. The number of benzene rings is 1. The third kappa shape index (κ3) is 3.62. The molecule has 116 valence electrons. The highest BCUT2D eigenvalue weighted by atomic mass is 35.5. The summed E-state index contributed by atoms with van der Waals surface area (Å²) in [6.45, 7) is 5.18. The van der Waals surface area contributed by atoms with E-state index in [0.29, 0.717) is 30.0 Å². The lowest BCUT2D eigenvalue weighted by Gasteiger charge is -2.25. The Kier molecular flexibility index (Phi) is 4.57. The number of rotatable bonds is 6. The first kappa shape index (κ1) is 14.9. The molecule has 3 rings (SSSR count). The molecular formula is C16H23ClN2O2. The van der Waals surface area contributed by atoms with Crippen LogP contribution in [0.2, 0.25) is 5.02 Å². The van der Waals surface area contributed by atoms with Crippen molar-refractivity contribution in [2.24, 2.45) is 0 Å². The van der Waals surface area contributed by atoms with Crippen molar-refractivity contribution in [3.05, 3.63) is 22.7 Å². The van der Waals surface area contributed by atoms with Gasteiger partial charge in [-0.25, -0.2) is 0 Å². The van der Waals surface area contributed by atoms with Gasteiger partial charge in [-0.3, -0.25) is 4.90 Å². The van der Waals surface area contributed by atoms with Gasteiger partial charge >= 0.3 is 0 Å². The average Bonchev–Trinajstić information content (AvgIpc) is 3.31. The highest BCUT2D eigenvalue weighted by Gasteiger charge is 2.28. The van der Waals surface area contributed by atoms with Crippen molar-refractivity contribution in [2.75, 3.05) is 26.8 Å². The summed E-state index contributed by atoms with van der Waals surface area (Å²) in [4.78, 5) is 2.46. The number of ether oxygens (including phenoxy) is 2. The topological polar surface area (TPSA) is 33.7 Å². The van der Waals surface area contributed by atoms with Crippen molar-refractivity contribution in [3.8, 4) is 11.5 Å². The lowest BCUT2D eigenvalue weighted by Crippen LogP contribution is -2.38. The van der Waals surface area contributed by atoms with Crippen LogP contribution < -0.4 is 14.8 Å². The molecule has 0 bridgehead atoms. The van der Waals surface area contributed by atoms with Crippen LogP contribution in [0, 0.1) is 0 Å². The second kappa shape index (κ2) is 6.42. The van der Waals surface area contributed by atoms with Crippen LogP contribution in [0.1, 0.15) is 25.3 Å². The molecule has 1 atom stereocenters. The molecule has 1 fully saturated rings. The van der Waals surface area contributed by atoms with Gasteiger partial charge < -0.3 is 14.8 Å². The van der Waals surface area contributed by atoms with E-state index in [2.05, 4.69) is 24.2 Å². The van der Waals surface area contributed by atoms with Crippen molar-refractivity contribution in [1.82, 2.24) is 10.2 Å². The van der Waals surface area contributed by atoms with Gasteiger partial charge in [-0.2, -0.15) is 0 Å². The van der Waals surface area contributed by atoms with Gasteiger partial charge in [-0.1, -0.05) is 11.6 Å². The summed E-state index contributed by atoms with van der Waals surface area (Å²) in [6, 6.07) is 5.32. The predicted octanol–water partition coefficient (Wildman–Crippen LogP) is 2.68. The molecule has 0 saturated heterocycles. The minimum atomic E-state index is 0.546. The van der Waals surface area contributed by atoms with Gasteiger partial charge in [-0.05, 0) is 44.5 Å². The van der Waals surface area contributed by atoms with Crippen LogP contribution in [-0.2, 0) is 6.54 Å². The summed E-state index contributed by atoms with van der Waals surface area (Å²) in [5.74, 6) is 1.43. The summed E-state index contributed by atoms with van der Waals surface area (Å²) in [6.07, 6.45) is 2.69. The predicted molar refractivity (Wildman–Crippen MR) is 84.4 cm³/mol. The number of likely N-dealkylation sites (N-methyl/N-ethyl adjacent to an activating group) is 1. The molecule has 1 saturated carbocycles. The fraction of sp³-hybridized carbons (Fsp3) is 0.625. The zero-order valence-electron chi connectivity index (χ0n) is 12.7. The summed E-state index contributed by atoms with van der Waals surface area (Å²) in [5, 5.41) is 4.13. The van der Waals surface area contributed by atoms with Crippen molar-refractivity contribution in [2.45, 2.75) is 38.4 Å². The maximum absolute atomic E-state index is 6.25. The van der Waals surface area contributed by atoms with E-state index in [1.165, 1.54) is 12.8 Å². The van der Waals surface area contributed by atoms with Gasteiger partial charge in [0.25, 0.3) is 0 Å². The first-order valence-corrected chi connectivity index (χ1v) is 8.03. The maximum atomic E-state index is 6.25. The fourth-order valence-corrected chi connectivity index (χ4v) is 2.97. The summed E-state index contributed by atoms with van der Waals surface area (Å²) < 4.78 is 11.1. The molecule has 1 aliphatic heterocycles. The molecule has 4 nitrogen and oxygen atoms in total. The van der Waals surface area contributed by atoms with E-state index < -0.39 is 0 Å². The Balaban J connectivity index is 1.54. The largest absolute Gasteiger partial charge is 0.486 e. The van der Waals surface area contributed by atoms with Crippen LogP contribution in [-0.4, -0.2) is 43.8 Å². The first-order chi connectivity index (χ1) is 10.1. The molecule has 0 spiro atoms. The Bertz CT molecular complexity index is 505. The van der Waals surface area contributed by atoms with Gasteiger partial charge in [0.1, 0.15) is 13.2 Å².